The number of anilines is 1. The van der Waals surface area contributed by atoms with E-state index in [1.54, 1.807) is 20.8 Å². The average Bonchev–Trinajstić information content (AvgIpc) is 2.98. The first-order chi connectivity index (χ1) is 13.9. The van der Waals surface area contributed by atoms with Gasteiger partial charge in [-0.3, -0.25) is 9.69 Å². The molecule has 1 heterocycles. The second-order valence-corrected chi connectivity index (χ2v) is 7.43. The summed E-state index contributed by atoms with van der Waals surface area (Å²) in [6.45, 7) is 6.19. The molecule has 8 heteroatoms. The fourth-order valence-electron chi connectivity index (χ4n) is 2.80. The zero-order chi connectivity index (χ0) is 21.4. The van der Waals surface area contributed by atoms with Crippen LogP contribution in [0.2, 0.25) is 0 Å². The summed E-state index contributed by atoms with van der Waals surface area (Å²) in [6, 6.07) is 9.80. The van der Waals surface area contributed by atoms with Gasteiger partial charge in [-0.05, 0) is 38.9 Å². The highest BCUT2D eigenvalue weighted by atomic mass is 32.1. The Balaban J connectivity index is 2.16. The molecule has 7 nitrogen and oxygen atoms in total. The second kappa shape index (κ2) is 10.7. The maximum Gasteiger partial charge on any atom is 0.348 e. The number of benzene rings is 1. The number of carbonyl (C=O) groups excluding carboxylic acids is 3. The number of nitrogens with one attached hydrogen (secondary N) is 1. The molecule has 156 valence electrons. The first-order valence-corrected chi connectivity index (χ1v) is 10.2. The lowest BCUT2D eigenvalue weighted by molar-refractivity contribution is -0.117. The van der Waals surface area contributed by atoms with Crippen LogP contribution in [0.1, 0.15) is 45.0 Å². The van der Waals surface area contributed by atoms with Crippen LogP contribution in [0.25, 0.3) is 0 Å². The number of amides is 1. The van der Waals surface area contributed by atoms with Crippen molar-refractivity contribution in [3.8, 4) is 0 Å². The van der Waals surface area contributed by atoms with Crippen LogP contribution in [-0.4, -0.2) is 49.6 Å². The van der Waals surface area contributed by atoms with E-state index >= 15 is 0 Å². The van der Waals surface area contributed by atoms with Crippen molar-refractivity contribution in [3.63, 3.8) is 0 Å². The molecule has 1 aromatic carbocycles. The topological polar surface area (TPSA) is 84.9 Å². The van der Waals surface area contributed by atoms with Gasteiger partial charge in [0.05, 0.1) is 25.3 Å². The van der Waals surface area contributed by atoms with Crippen molar-refractivity contribution in [3.05, 3.63) is 51.9 Å². The van der Waals surface area contributed by atoms with Crippen LogP contribution in [0.5, 0.6) is 0 Å². The summed E-state index contributed by atoms with van der Waals surface area (Å²) < 4.78 is 10.1. The summed E-state index contributed by atoms with van der Waals surface area (Å²) in [5.74, 6) is -1.39. The first kappa shape index (κ1) is 22.6. The van der Waals surface area contributed by atoms with Gasteiger partial charge in [-0.2, -0.15) is 0 Å². The standard InChI is InChI=1S/C21H26N2O5S/c1-5-27-20(25)17-14(3)18(21(26)28-6-2)29-19(17)22-16(24)13-23(4)12-15-10-8-7-9-11-15/h7-11H,5-6,12-13H2,1-4H3,(H,22,24). The van der Waals surface area contributed by atoms with Crippen molar-refractivity contribution in [2.24, 2.45) is 0 Å². The highest BCUT2D eigenvalue weighted by Crippen LogP contribution is 2.34. The van der Waals surface area contributed by atoms with Gasteiger partial charge in [0.1, 0.15) is 9.88 Å². The smallest absolute Gasteiger partial charge is 0.348 e. The fourth-order valence-corrected chi connectivity index (χ4v) is 3.91. The van der Waals surface area contributed by atoms with Crippen molar-refractivity contribution in [2.75, 3.05) is 32.1 Å². The largest absolute Gasteiger partial charge is 0.462 e. The zero-order valence-corrected chi connectivity index (χ0v) is 17.9. The van der Waals surface area contributed by atoms with Crippen molar-refractivity contribution < 1.29 is 23.9 Å². The number of thiophene rings is 1. The van der Waals surface area contributed by atoms with E-state index in [2.05, 4.69) is 5.32 Å². The molecule has 0 saturated heterocycles. The Hall–Kier alpha value is -2.71. The second-order valence-electron chi connectivity index (χ2n) is 6.41. The predicted octanol–water partition coefficient (Wildman–Crippen LogP) is 3.48. The van der Waals surface area contributed by atoms with E-state index in [4.69, 9.17) is 9.47 Å². The Bertz CT molecular complexity index is 863. The summed E-state index contributed by atoms with van der Waals surface area (Å²) in [5.41, 5.74) is 1.73. The van der Waals surface area contributed by atoms with Gasteiger partial charge < -0.3 is 14.8 Å². The van der Waals surface area contributed by atoms with Gasteiger partial charge in [0.15, 0.2) is 0 Å². The number of nitrogens with zero attached hydrogens (tertiary/aromatic N) is 1. The molecular weight excluding hydrogens is 392 g/mol. The zero-order valence-electron chi connectivity index (χ0n) is 17.1. The molecule has 0 radical (unpaired) electrons. The summed E-state index contributed by atoms with van der Waals surface area (Å²) in [4.78, 5) is 39.3. The van der Waals surface area contributed by atoms with Crippen molar-refractivity contribution in [1.29, 1.82) is 0 Å². The van der Waals surface area contributed by atoms with Gasteiger partial charge in [0, 0.05) is 6.54 Å². The number of esters is 2. The van der Waals surface area contributed by atoms with E-state index in [-0.39, 0.29) is 36.1 Å². The third-order valence-electron chi connectivity index (χ3n) is 4.05. The molecule has 1 N–H and O–H groups in total. The molecule has 0 aliphatic carbocycles. The van der Waals surface area contributed by atoms with Gasteiger partial charge in [-0.15, -0.1) is 11.3 Å². The molecule has 1 aromatic heterocycles. The molecule has 29 heavy (non-hydrogen) atoms. The van der Waals surface area contributed by atoms with E-state index in [1.165, 1.54) is 0 Å². The normalized spacial score (nSPS) is 10.7. The molecule has 0 spiro atoms. The van der Waals surface area contributed by atoms with Crippen LogP contribution in [-0.2, 0) is 20.8 Å². The van der Waals surface area contributed by atoms with Crippen LogP contribution < -0.4 is 5.32 Å². The van der Waals surface area contributed by atoms with E-state index < -0.39 is 11.9 Å². The molecule has 0 fully saturated rings. The lowest BCUT2D eigenvalue weighted by Gasteiger charge is -2.16. The number of hydrogen-bond acceptors (Lipinski definition) is 7. The lowest BCUT2D eigenvalue weighted by atomic mass is 10.1. The summed E-state index contributed by atoms with van der Waals surface area (Å²) in [5, 5.41) is 3.05. The number of likely N-dealkylation sites (N-methyl/N-ethyl adjacent to an activating group) is 1. The monoisotopic (exact) mass is 418 g/mol. The fraction of sp³-hybridized carbons (Fsp3) is 0.381. The highest BCUT2D eigenvalue weighted by Gasteiger charge is 2.27. The molecule has 1 amide bonds. The minimum absolute atomic E-state index is 0.128. The number of hydrogen-bond donors (Lipinski definition) is 1. The van der Waals surface area contributed by atoms with Crippen molar-refractivity contribution >= 4 is 34.2 Å². The maximum absolute atomic E-state index is 12.5. The van der Waals surface area contributed by atoms with Crippen LogP contribution in [0.3, 0.4) is 0 Å². The van der Waals surface area contributed by atoms with E-state index in [0.717, 1.165) is 16.9 Å². The molecule has 2 aromatic rings. The van der Waals surface area contributed by atoms with Crippen LogP contribution in [0, 0.1) is 6.92 Å². The van der Waals surface area contributed by atoms with E-state index in [1.807, 2.05) is 42.3 Å². The predicted molar refractivity (Wildman–Crippen MR) is 112 cm³/mol. The summed E-state index contributed by atoms with van der Waals surface area (Å²) >= 11 is 1.02. The Labute approximate surface area is 174 Å². The maximum atomic E-state index is 12.5. The third kappa shape index (κ3) is 6.13. The minimum Gasteiger partial charge on any atom is -0.462 e. The van der Waals surface area contributed by atoms with Crippen molar-refractivity contribution in [1.82, 2.24) is 4.90 Å². The van der Waals surface area contributed by atoms with Crippen LogP contribution in [0.4, 0.5) is 5.00 Å². The molecule has 2 rings (SSSR count). The quantitative estimate of drug-likeness (QED) is 0.628. The minimum atomic E-state index is -0.579. The Kier molecular flexibility index (Phi) is 8.35. The first-order valence-electron chi connectivity index (χ1n) is 9.37. The van der Waals surface area contributed by atoms with E-state index in [0.29, 0.717) is 17.1 Å². The lowest BCUT2D eigenvalue weighted by Crippen LogP contribution is -2.30. The molecule has 0 saturated carbocycles. The van der Waals surface area contributed by atoms with Crippen LogP contribution in [0.15, 0.2) is 30.3 Å². The molecule has 0 aliphatic heterocycles. The molecule has 0 atom stereocenters. The van der Waals surface area contributed by atoms with Crippen molar-refractivity contribution in [2.45, 2.75) is 27.3 Å². The number of carbonyl (C=O) groups is 3. The Morgan fingerprint density at radius 3 is 2.28 bits per heavy atom. The molecule has 0 unspecified atom stereocenters. The van der Waals surface area contributed by atoms with Gasteiger partial charge in [0.2, 0.25) is 5.91 Å². The molecular formula is C21H26N2O5S. The van der Waals surface area contributed by atoms with Gasteiger partial charge >= 0.3 is 11.9 Å². The van der Waals surface area contributed by atoms with E-state index in [9.17, 15) is 14.4 Å². The van der Waals surface area contributed by atoms with Gasteiger partial charge in [0.25, 0.3) is 0 Å². The molecule has 0 bridgehead atoms. The number of rotatable bonds is 9. The van der Waals surface area contributed by atoms with Gasteiger partial charge in [-0.25, -0.2) is 9.59 Å². The highest BCUT2D eigenvalue weighted by molar-refractivity contribution is 7.18. The van der Waals surface area contributed by atoms with Gasteiger partial charge in [-0.1, -0.05) is 30.3 Å². The Morgan fingerprint density at radius 2 is 1.66 bits per heavy atom. The molecule has 0 aliphatic rings. The number of ether oxygens (including phenoxy) is 2. The average molecular weight is 419 g/mol. The SMILES string of the molecule is CCOC(=O)c1sc(NC(=O)CN(C)Cc2ccccc2)c(C(=O)OCC)c1C. The summed E-state index contributed by atoms with van der Waals surface area (Å²) in [6.07, 6.45) is 0. The third-order valence-corrected chi connectivity index (χ3v) is 5.24. The Morgan fingerprint density at radius 1 is 1.03 bits per heavy atom. The summed E-state index contributed by atoms with van der Waals surface area (Å²) in [7, 11) is 1.84. The van der Waals surface area contributed by atoms with Crippen LogP contribution >= 0.6 is 11.3 Å².